The Labute approximate surface area is 80.4 Å². The first-order valence-corrected chi connectivity index (χ1v) is 5.85. The van der Waals surface area contributed by atoms with Gasteiger partial charge in [-0.2, -0.15) is 5.10 Å². The molecule has 0 aromatic carbocycles. The molecule has 7 heteroatoms. The van der Waals surface area contributed by atoms with Gasteiger partial charge in [-0.25, -0.2) is 8.42 Å². The zero-order valence-electron chi connectivity index (χ0n) is 6.94. The molecule has 0 fully saturated rings. The summed E-state index contributed by atoms with van der Waals surface area (Å²) in [6, 6.07) is 0. The van der Waals surface area contributed by atoms with Crippen molar-refractivity contribution in [1.82, 2.24) is 9.78 Å². The fraction of sp³-hybridized carbons (Fsp3) is 0.500. The SMILES string of the molecule is Cc1c(S(=O)(=O)Cl)cnn1CCO. The standard InChI is InChI=1S/C6H9ClN2O3S/c1-5-6(13(7,11)12)4-8-9(5)2-3-10/h4,10H,2-3H2,1H3. The largest absolute Gasteiger partial charge is 0.394 e. The molecule has 0 saturated carbocycles. The molecule has 0 amide bonds. The number of rotatable bonds is 3. The molecule has 0 atom stereocenters. The van der Waals surface area contributed by atoms with Gasteiger partial charge in [0.15, 0.2) is 0 Å². The lowest BCUT2D eigenvalue weighted by molar-refractivity contribution is 0.268. The Hall–Kier alpha value is -0.590. The second kappa shape index (κ2) is 3.65. The molecule has 0 saturated heterocycles. The van der Waals surface area contributed by atoms with Gasteiger partial charge in [0, 0.05) is 10.7 Å². The molecular weight excluding hydrogens is 216 g/mol. The fourth-order valence-electron chi connectivity index (χ4n) is 0.989. The van der Waals surface area contributed by atoms with Crippen LogP contribution in [-0.2, 0) is 15.6 Å². The van der Waals surface area contributed by atoms with Crippen LogP contribution in [0.2, 0.25) is 0 Å². The highest BCUT2D eigenvalue weighted by Crippen LogP contribution is 2.18. The van der Waals surface area contributed by atoms with Crippen LogP contribution in [0.5, 0.6) is 0 Å². The van der Waals surface area contributed by atoms with Gasteiger partial charge in [0.05, 0.1) is 25.0 Å². The number of halogens is 1. The minimum atomic E-state index is -3.72. The van der Waals surface area contributed by atoms with Crippen molar-refractivity contribution < 1.29 is 13.5 Å². The van der Waals surface area contributed by atoms with Crippen LogP contribution in [0.15, 0.2) is 11.1 Å². The Morgan fingerprint density at radius 1 is 1.69 bits per heavy atom. The molecule has 0 unspecified atom stereocenters. The van der Waals surface area contributed by atoms with E-state index in [9.17, 15) is 8.42 Å². The highest BCUT2D eigenvalue weighted by Gasteiger charge is 2.17. The van der Waals surface area contributed by atoms with Crippen LogP contribution in [0.1, 0.15) is 5.69 Å². The molecule has 1 aromatic rings. The van der Waals surface area contributed by atoms with Gasteiger partial charge >= 0.3 is 0 Å². The van der Waals surface area contributed by atoms with E-state index < -0.39 is 9.05 Å². The van der Waals surface area contributed by atoms with Crippen molar-refractivity contribution in [2.24, 2.45) is 0 Å². The number of aliphatic hydroxyl groups excluding tert-OH is 1. The predicted molar refractivity (Wildman–Crippen MR) is 47.1 cm³/mol. The van der Waals surface area contributed by atoms with Crippen LogP contribution in [0, 0.1) is 6.92 Å². The van der Waals surface area contributed by atoms with Gasteiger partial charge in [0.1, 0.15) is 4.90 Å². The molecular formula is C6H9ClN2O3S. The van der Waals surface area contributed by atoms with Crippen LogP contribution in [0.3, 0.4) is 0 Å². The van der Waals surface area contributed by atoms with E-state index in [0.717, 1.165) is 0 Å². The monoisotopic (exact) mass is 224 g/mol. The Balaban J connectivity index is 3.14. The number of aliphatic hydroxyl groups is 1. The lowest BCUT2D eigenvalue weighted by Gasteiger charge is -2.00. The van der Waals surface area contributed by atoms with E-state index in [0.29, 0.717) is 5.69 Å². The van der Waals surface area contributed by atoms with Gasteiger partial charge in [-0.15, -0.1) is 0 Å². The summed E-state index contributed by atoms with van der Waals surface area (Å²) < 4.78 is 23.2. The van der Waals surface area contributed by atoms with Gasteiger partial charge in [-0.05, 0) is 6.92 Å². The maximum Gasteiger partial charge on any atom is 0.264 e. The molecule has 0 radical (unpaired) electrons. The number of hydrogen-bond donors (Lipinski definition) is 1. The van der Waals surface area contributed by atoms with Crippen LogP contribution in [0.25, 0.3) is 0 Å². The smallest absolute Gasteiger partial charge is 0.264 e. The molecule has 1 aromatic heterocycles. The van der Waals surface area contributed by atoms with Crippen molar-refractivity contribution in [3.63, 3.8) is 0 Å². The lowest BCUT2D eigenvalue weighted by atomic mass is 10.5. The van der Waals surface area contributed by atoms with Crippen molar-refractivity contribution in [2.45, 2.75) is 18.4 Å². The van der Waals surface area contributed by atoms with Gasteiger partial charge in [-0.3, -0.25) is 4.68 Å². The van der Waals surface area contributed by atoms with Crippen molar-refractivity contribution in [3.05, 3.63) is 11.9 Å². The quantitative estimate of drug-likeness (QED) is 0.740. The molecule has 1 N–H and O–H groups in total. The third-order valence-electron chi connectivity index (χ3n) is 1.63. The van der Waals surface area contributed by atoms with E-state index in [1.165, 1.54) is 10.9 Å². The Bertz CT molecular complexity index is 398. The van der Waals surface area contributed by atoms with Crippen molar-refractivity contribution in [3.8, 4) is 0 Å². The van der Waals surface area contributed by atoms with Crippen LogP contribution in [-0.4, -0.2) is 29.9 Å². The molecule has 1 rings (SSSR count). The Morgan fingerprint density at radius 2 is 2.31 bits per heavy atom. The summed E-state index contributed by atoms with van der Waals surface area (Å²) in [5, 5.41) is 12.4. The van der Waals surface area contributed by atoms with E-state index >= 15 is 0 Å². The summed E-state index contributed by atoms with van der Waals surface area (Å²) in [5.41, 5.74) is 0.434. The topological polar surface area (TPSA) is 72.2 Å². The van der Waals surface area contributed by atoms with E-state index in [2.05, 4.69) is 5.10 Å². The van der Waals surface area contributed by atoms with Gasteiger partial charge in [0.25, 0.3) is 9.05 Å². The van der Waals surface area contributed by atoms with E-state index in [1.54, 1.807) is 6.92 Å². The first-order valence-electron chi connectivity index (χ1n) is 3.54. The number of aromatic nitrogens is 2. The minimum Gasteiger partial charge on any atom is -0.394 e. The lowest BCUT2D eigenvalue weighted by Crippen LogP contribution is -2.06. The number of nitrogens with zero attached hydrogens (tertiary/aromatic N) is 2. The summed E-state index contributed by atoms with van der Waals surface area (Å²) >= 11 is 0. The Kier molecular flexibility index (Phi) is 2.94. The van der Waals surface area contributed by atoms with Crippen LogP contribution in [0.4, 0.5) is 0 Å². The molecule has 0 bridgehead atoms. The van der Waals surface area contributed by atoms with Gasteiger partial charge in [-0.1, -0.05) is 0 Å². The highest BCUT2D eigenvalue weighted by molar-refractivity contribution is 8.13. The van der Waals surface area contributed by atoms with Crippen LogP contribution < -0.4 is 0 Å². The molecule has 0 aliphatic rings. The molecule has 5 nitrogen and oxygen atoms in total. The first-order chi connectivity index (χ1) is 5.96. The molecule has 13 heavy (non-hydrogen) atoms. The van der Waals surface area contributed by atoms with E-state index in [4.69, 9.17) is 15.8 Å². The van der Waals surface area contributed by atoms with Crippen molar-refractivity contribution in [1.29, 1.82) is 0 Å². The third-order valence-corrected chi connectivity index (χ3v) is 3.06. The van der Waals surface area contributed by atoms with Crippen molar-refractivity contribution >= 4 is 19.7 Å². The van der Waals surface area contributed by atoms with E-state index in [1.807, 2.05) is 0 Å². The molecule has 0 aliphatic carbocycles. The second-order valence-electron chi connectivity index (χ2n) is 2.48. The second-order valence-corrected chi connectivity index (χ2v) is 5.01. The minimum absolute atomic E-state index is 0.0115. The van der Waals surface area contributed by atoms with Gasteiger partial charge < -0.3 is 5.11 Å². The molecule has 0 spiro atoms. The maximum absolute atomic E-state index is 10.9. The van der Waals surface area contributed by atoms with E-state index in [-0.39, 0.29) is 18.0 Å². The van der Waals surface area contributed by atoms with Gasteiger partial charge in [0.2, 0.25) is 0 Å². The average molecular weight is 225 g/mol. The maximum atomic E-state index is 10.9. The zero-order chi connectivity index (χ0) is 10.1. The summed E-state index contributed by atoms with van der Waals surface area (Å²) in [4.78, 5) is -0.0115. The highest BCUT2D eigenvalue weighted by atomic mass is 35.7. The summed E-state index contributed by atoms with van der Waals surface area (Å²) in [6.07, 6.45) is 1.17. The third kappa shape index (κ3) is 2.20. The first kappa shape index (κ1) is 10.5. The molecule has 74 valence electrons. The van der Waals surface area contributed by atoms with Crippen LogP contribution >= 0.6 is 10.7 Å². The van der Waals surface area contributed by atoms with Crippen molar-refractivity contribution in [2.75, 3.05) is 6.61 Å². The average Bonchev–Trinajstić information content (AvgIpc) is 2.32. The summed E-state index contributed by atoms with van der Waals surface area (Å²) in [5.74, 6) is 0. The fourth-order valence-corrected chi connectivity index (χ4v) is 2.07. The normalized spacial score (nSPS) is 11.9. The summed E-state index contributed by atoms with van der Waals surface area (Å²) in [6.45, 7) is 1.75. The Morgan fingerprint density at radius 3 is 2.69 bits per heavy atom. The predicted octanol–water partition coefficient (Wildman–Crippen LogP) is 0.111. The summed E-state index contributed by atoms with van der Waals surface area (Å²) in [7, 11) is 1.41. The molecule has 1 heterocycles. The number of hydrogen-bond acceptors (Lipinski definition) is 4. The molecule has 0 aliphatic heterocycles. The zero-order valence-corrected chi connectivity index (χ0v) is 8.51.